The fourth-order valence-electron chi connectivity index (χ4n) is 1.57. The predicted octanol–water partition coefficient (Wildman–Crippen LogP) is 1.33. The van der Waals surface area contributed by atoms with Crippen LogP contribution < -0.4 is 5.32 Å². The van der Waals surface area contributed by atoms with Crippen LogP contribution in [-0.2, 0) is 4.79 Å². The van der Waals surface area contributed by atoms with Crippen molar-refractivity contribution >= 4 is 11.9 Å². The van der Waals surface area contributed by atoms with Crippen molar-refractivity contribution in [2.45, 2.75) is 26.8 Å². The molecule has 1 amide bonds. The molecule has 1 aromatic carbocycles. The zero-order chi connectivity index (χ0) is 14.8. The van der Waals surface area contributed by atoms with Gasteiger partial charge < -0.3 is 20.6 Å². The number of nitrogens with one attached hydrogen (secondary N) is 1. The molecule has 6 heteroatoms. The van der Waals surface area contributed by atoms with Gasteiger partial charge in [0.05, 0.1) is 5.56 Å². The van der Waals surface area contributed by atoms with Crippen molar-refractivity contribution in [2.24, 2.45) is 5.41 Å². The number of aliphatic carboxylic acids is 1. The summed E-state index contributed by atoms with van der Waals surface area (Å²) in [6.45, 7) is 5.05. The van der Waals surface area contributed by atoms with E-state index in [4.69, 9.17) is 10.2 Å². The van der Waals surface area contributed by atoms with E-state index in [1.165, 1.54) is 12.1 Å². The van der Waals surface area contributed by atoms with Crippen LogP contribution in [0.1, 0.15) is 31.1 Å². The third-order valence-corrected chi connectivity index (χ3v) is 2.61. The zero-order valence-corrected chi connectivity index (χ0v) is 11.0. The molecule has 104 valence electrons. The van der Waals surface area contributed by atoms with Crippen molar-refractivity contribution in [1.29, 1.82) is 0 Å². The van der Waals surface area contributed by atoms with Gasteiger partial charge in [-0.3, -0.25) is 4.79 Å². The van der Waals surface area contributed by atoms with Gasteiger partial charge in [-0.2, -0.15) is 0 Å². The number of hydrogen-bond donors (Lipinski definition) is 4. The first-order chi connectivity index (χ1) is 8.62. The second kappa shape index (κ2) is 5.17. The van der Waals surface area contributed by atoms with E-state index in [9.17, 15) is 14.7 Å². The van der Waals surface area contributed by atoms with Crippen LogP contribution in [0.4, 0.5) is 0 Å². The topological polar surface area (TPSA) is 107 Å². The van der Waals surface area contributed by atoms with Crippen molar-refractivity contribution in [3.05, 3.63) is 23.8 Å². The van der Waals surface area contributed by atoms with Gasteiger partial charge in [-0.25, -0.2) is 4.79 Å². The Morgan fingerprint density at radius 1 is 1.21 bits per heavy atom. The van der Waals surface area contributed by atoms with E-state index >= 15 is 0 Å². The first-order valence-electron chi connectivity index (χ1n) is 5.68. The Bertz CT molecular complexity index is 504. The molecule has 0 aliphatic heterocycles. The lowest BCUT2D eigenvalue weighted by atomic mass is 9.86. The minimum Gasteiger partial charge on any atom is -0.508 e. The highest BCUT2D eigenvalue weighted by Crippen LogP contribution is 2.24. The summed E-state index contributed by atoms with van der Waals surface area (Å²) in [5.74, 6) is -2.45. The fourth-order valence-corrected chi connectivity index (χ4v) is 1.57. The smallest absolute Gasteiger partial charge is 0.326 e. The van der Waals surface area contributed by atoms with Crippen LogP contribution in [0.2, 0.25) is 0 Å². The molecule has 0 heterocycles. The van der Waals surface area contributed by atoms with E-state index in [-0.39, 0.29) is 11.3 Å². The number of carbonyl (C=O) groups excluding carboxylic acids is 1. The average Bonchev–Trinajstić information content (AvgIpc) is 2.23. The van der Waals surface area contributed by atoms with Crippen molar-refractivity contribution in [3.63, 3.8) is 0 Å². The van der Waals surface area contributed by atoms with Crippen LogP contribution in [0, 0.1) is 5.41 Å². The van der Waals surface area contributed by atoms with E-state index in [1.54, 1.807) is 20.8 Å². The maximum atomic E-state index is 11.9. The number of amides is 1. The van der Waals surface area contributed by atoms with Crippen LogP contribution in [0.25, 0.3) is 0 Å². The molecule has 0 aromatic heterocycles. The first-order valence-corrected chi connectivity index (χ1v) is 5.68. The predicted molar refractivity (Wildman–Crippen MR) is 68.1 cm³/mol. The van der Waals surface area contributed by atoms with Crippen LogP contribution in [0.5, 0.6) is 11.5 Å². The second-order valence-corrected chi connectivity index (χ2v) is 5.31. The highest BCUT2D eigenvalue weighted by Gasteiger charge is 2.33. The van der Waals surface area contributed by atoms with Crippen molar-refractivity contribution < 1.29 is 24.9 Å². The quantitative estimate of drug-likeness (QED) is 0.661. The Morgan fingerprint density at radius 2 is 1.79 bits per heavy atom. The molecular formula is C13H17NO5. The Balaban J connectivity index is 2.98. The lowest BCUT2D eigenvalue weighted by molar-refractivity contribution is -0.142. The minimum absolute atomic E-state index is 0.0895. The summed E-state index contributed by atoms with van der Waals surface area (Å²) >= 11 is 0. The molecule has 1 rings (SSSR count). The van der Waals surface area contributed by atoms with Gasteiger partial charge in [0, 0.05) is 6.07 Å². The SMILES string of the molecule is CC(C)(C)[C@@H](NC(=O)c1ccc(O)cc1O)C(=O)O. The fraction of sp³-hybridized carbons (Fsp3) is 0.385. The number of carboxylic acid groups (broad SMARTS) is 1. The number of rotatable bonds is 3. The number of aromatic hydroxyl groups is 2. The van der Waals surface area contributed by atoms with E-state index in [1.807, 2.05) is 0 Å². The Morgan fingerprint density at radius 3 is 2.21 bits per heavy atom. The van der Waals surface area contributed by atoms with Gasteiger partial charge >= 0.3 is 5.97 Å². The van der Waals surface area contributed by atoms with Gasteiger partial charge in [-0.1, -0.05) is 20.8 Å². The standard InChI is InChI=1S/C13H17NO5/c1-13(2,3)10(12(18)19)14-11(17)8-5-4-7(15)6-9(8)16/h4-6,10,15-16H,1-3H3,(H,14,17)(H,18,19)/t10-/m0/s1. The molecule has 0 unspecified atom stereocenters. The number of phenols is 2. The van der Waals surface area contributed by atoms with Gasteiger partial charge in [0.25, 0.3) is 5.91 Å². The summed E-state index contributed by atoms with van der Waals surface area (Å²) in [4.78, 5) is 23.1. The Kier molecular flexibility index (Phi) is 4.04. The number of carbonyl (C=O) groups is 2. The highest BCUT2D eigenvalue weighted by atomic mass is 16.4. The second-order valence-electron chi connectivity index (χ2n) is 5.31. The molecule has 1 atom stereocenters. The Hall–Kier alpha value is -2.24. The summed E-state index contributed by atoms with van der Waals surface area (Å²) in [5, 5.41) is 30.1. The van der Waals surface area contributed by atoms with Gasteiger partial charge in [0.2, 0.25) is 0 Å². The van der Waals surface area contributed by atoms with Crippen LogP contribution in [0.3, 0.4) is 0 Å². The molecule has 1 aromatic rings. The van der Waals surface area contributed by atoms with Gasteiger partial charge in [0.15, 0.2) is 0 Å². The van der Waals surface area contributed by atoms with Crippen LogP contribution in [0.15, 0.2) is 18.2 Å². The average molecular weight is 267 g/mol. The van der Waals surface area contributed by atoms with Gasteiger partial charge in [-0.05, 0) is 17.5 Å². The largest absolute Gasteiger partial charge is 0.508 e. The van der Waals surface area contributed by atoms with Crippen LogP contribution in [-0.4, -0.2) is 33.2 Å². The number of phenolic OH excluding ortho intramolecular Hbond substituents is 2. The number of benzene rings is 1. The van der Waals surface area contributed by atoms with E-state index in [2.05, 4.69) is 5.32 Å². The molecule has 0 fully saturated rings. The number of hydrogen-bond acceptors (Lipinski definition) is 4. The maximum Gasteiger partial charge on any atom is 0.326 e. The molecule has 0 saturated heterocycles. The summed E-state index contributed by atoms with van der Waals surface area (Å²) in [5.41, 5.74) is -0.762. The maximum absolute atomic E-state index is 11.9. The normalized spacial score (nSPS) is 12.8. The molecule has 6 nitrogen and oxygen atoms in total. The molecule has 0 bridgehead atoms. The molecule has 19 heavy (non-hydrogen) atoms. The van der Waals surface area contributed by atoms with E-state index in [0.29, 0.717) is 0 Å². The van der Waals surface area contributed by atoms with E-state index in [0.717, 1.165) is 6.07 Å². The van der Waals surface area contributed by atoms with Crippen molar-refractivity contribution in [2.75, 3.05) is 0 Å². The van der Waals surface area contributed by atoms with Crippen molar-refractivity contribution in [1.82, 2.24) is 5.32 Å². The molecule has 0 aliphatic carbocycles. The Labute approximate surface area is 110 Å². The van der Waals surface area contributed by atoms with Gasteiger partial charge in [-0.15, -0.1) is 0 Å². The number of carboxylic acids is 1. The monoisotopic (exact) mass is 267 g/mol. The summed E-state index contributed by atoms with van der Waals surface area (Å²) < 4.78 is 0. The third kappa shape index (κ3) is 3.61. The molecule has 0 aliphatic rings. The molecule has 0 saturated carbocycles. The molecule has 0 spiro atoms. The molecule has 4 N–H and O–H groups in total. The lowest BCUT2D eigenvalue weighted by Crippen LogP contribution is -2.49. The third-order valence-electron chi connectivity index (χ3n) is 2.61. The van der Waals surface area contributed by atoms with Gasteiger partial charge in [0.1, 0.15) is 17.5 Å². The molecular weight excluding hydrogens is 250 g/mol. The summed E-state index contributed by atoms with van der Waals surface area (Å²) in [6, 6.07) is 2.39. The lowest BCUT2D eigenvalue weighted by Gasteiger charge is -2.27. The highest BCUT2D eigenvalue weighted by molar-refractivity contribution is 5.99. The summed E-state index contributed by atoms with van der Waals surface area (Å²) in [6.07, 6.45) is 0. The summed E-state index contributed by atoms with van der Waals surface area (Å²) in [7, 11) is 0. The van der Waals surface area contributed by atoms with Crippen LogP contribution >= 0.6 is 0 Å². The first kappa shape index (κ1) is 14.8. The minimum atomic E-state index is -1.15. The van der Waals surface area contributed by atoms with E-state index < -0.39 is 29.1 Å². The molecule has 0 radical (unpaired) electrons. The zero-order valence-electron chi connectivity index (χ0n) is 11.0. The van der Waals surface area contributed by atoms with Crippen molar-refractivity contribution in [3.8, 4) is 11.5 Å².